The highest BCUT2D eigenvalue weighted by Crippen LogP contribution is 2.27. The van der Waals surface area contributed by atoms with Crippen molar-refractivity contribution in [1.29, 1.82) is 0 Å². The molecular weight excluding hydrogens is 669 g/mol. The SMILES string of the molecule is Cc1cccc(N(Cc2ccccc2)Cc2ccccc2)c1C.Cc1cccc(N(Cc2ccccc2)Cc2ccccc2)c1C.O=C(O)/C=C/C(=O)O. The summed E-state index contributed by atoms with van der Waals surface area (Å²) in [6, 6.07) is 55.9. The van der Waals surface area contributed by atoms with Crippen molar-refractivity contribution >= 4 is 23.3 Å². The molecule has 6 nitrogen and oxygen atoms in total. The van der Waals surface area contributed by atoms with E-state index in [1.165, 1.54) is 55.9 Å². The van der Waals surface area contributed by atoms with Gasteiger partial charge in [-0.2, -0.15) is 0 Å². The summed E-state index contributed by atoms with van der Waals surface area (Å²) < 4.78 is 0. The molecule has 0 aliphatic heterocycles. The number of benzene rings is 6. The maximum Gasteiger partial charge on any atom is 0.328 e. The van der Waals surface area contributed by atoms with Crippen molar-refractivity contribution in [3.63, 3.8) is 0 Å². The van der Waals surface area contributed by atoms with Crippen molar-refractivity contribution < 1.29 is 19.8 Å². The molecule has 0 amide bonds. The molecule has 0 aliphatic rings. The normalized spacial score (nSPS) is 10.4. The number of carboxylic acid groups (broad SMARTS) is 2. The molecule has 276 valence electrons. The molecule has 0 aromatic heterocycles. The van der Waals surface area contributed by atoms with E-state index in [0.29, 0.717) is 12.2 Å². The first-order chi connectivity index (χ1) is 26.1. The molecule has 0 spiro atoms. The molecule has 2 N–H and O–H groups in total. The van der Waals surface area contributed by atoms with Gasteiger partial charge in [0, 0.05) is 49.7 Å². The van der Waals surface area contributed by atoms with Crippen LogP contribution in [-0.4, -0.2) is 22.2 Å². The van der Waals surface area contributed by atoms with Crippen molar-refractivity contribution in [2.24, 2.45) is 0 Å². The van der Waals surface area contributed by atoms with Crippen molar-refractivity contribution in [1.82, 2.24) is 0 Å². The van der Waals surface area contributed by atoms with Gasteiger partial charge in [-0.15, -0.1) is 0 Å². The summed E-state index contributed by atoms with van der Waals surface area (Å²) in [5, 5.41) is 15.6. The number of hydrogen-bond acceptors (Lipinski definition) is 4. The molecule has 0 radical (unpaired) electrons. The van der Waals surface area contributed by atoms with Gasteiger partial charge in [-0.05, 0) is 84.3 Å². The Bertz CT molecular complexity index is 1830. The third-order valence-corrected chi connectivity index (χ3v) is 9.07. The van der Waals surface area contributed by atoms with Crippen molar-refractivity contribution in [3.05, 3.63) is 214 Å². The number of aryl methyl sites for hydroxylation is 2. The highest BCUT2D eigenvalue weighted by molar-refractivity contribution is 5.89. The van der Waals surface area contributed by atoms with Crippen LogP contribution in [0.5, 0.6) is 0 Å². The Hall–Kier alpha value is -6.40. The summed E-state index contributed by atoms with van der Waals surface area (Å²) in [5.41, 5.74) is 13.4. The van der Waals surface area contributed by atoms with Crippen LogP contribution in [0.2, 0.25) is 0 Å². The number of rotatable bonds is 12. The van der Waals surface area contributed by atoms with Gasteiger partial charge in [0.2, 0.25) is 0 Å². The van der Waals surface area contributed by atoms with Crippen LogP contribution in [0.1, 0.15) is 44.5 Å². The van der Waals surface area contributed by atoms with Crippen LogP contribution in [0.25, 0.3) is 0 Å². The van der Waals surface area contributed by atoms with Gasteiger partial charge < -0.3 is 20.0 Å². The van der Waals surface area contributed by atoms with Crippen LogP contribution in [0.4, 0.5) is 11.4 Å². The smallest absolute Gasteiger partial charge is 0.328 e. The lowest BCUT2D eigenvalue weighted by Crippen LogP contribution is -2.23. The zero-order valence-electron chi connectivity index (χ0n) is 31.6. The van der Waals surface area contributed by atoms with Gasteiger partial charge >= 0.3 is 11.9 Å². The molecule has 6 rings (SSSR count). The minimum absolute atomic E-state index is 0.558. The Morgan fingerprint density at radius 2 is 0.667 bits per heavy atom. The Morgan fingerprint density at radius 3 is 0.907 bits per heavy atom. The lowest BCUT2D eigenvalue weighted by Gasteiger charge is -2.27. The van der Waals surface area contributed by atoms with Crippen molar-refractivity contribution in [3.8, 4) is 0 Å². The fourth-order valence-corrected chi connectivity index (χ4v) is 5.97. The lowest BCUT2D eigenvalue weighted by molar-refractivity contribution is -0.134. The highest BCUT2D eigenvalue weighted by Gasteiger charge is 2.13. The molecular formula is C48H50N2O4. The van der Waals surface area contributed by atoms with Crippen LogP contribution < -0.4 is 9.80 Å². The summed E-state index contributed by atoms with van der Waals surface area (Å²) in [7, 11) is 0. The van der Waals surface area contributed by atoms with Gasteiger partial charge in [-0.1, -0.05) is 146 Å². The summed E-state index contributed by atoms with van der Waals surface area (Å²) >= 11 is 0. The second-order valence-corrected chi connectivity index (χ2v) is 13.1. The standard InChI is InChI=1S/2C22H23N.C4H4O4/c2*1-18-10-9-15-22(19(18)2)23(16-20-11-5-3-6-12-20)17-21-13-7-4-8-14-21;5-3(6)1-2-4(7)8/h2*3-15H,16-17H2,1-2H3;1-2H,(H,5,6)(H,7,8)/b;;2-1+. The fraction of sp³-hybridized carbons (Fsp3) is 0.167. The molecule has 0 bridgehead atoms. The van der Waals surface area contributed by atoms with Crippen molar-refractivity contribution in [2.75, 3.05) is 9.80 Å². The number of carboxylic acids is 2. The fourth-order valence-electron chi connectivity index (χ4n) is 5.97. The Morgan fingerprint density at radius 1 is 0.407 bits per heavy atom. The first kappa shape index (κ1) is 40.4. The molecule has 0 fully saturated rings. The van der Waals surface area contributed by atoms with Crippen LogP contribution in [0, 0.1) is 27.7 Å². The minimum atomic E-state index is -1.26. The Labute approximate surface area is 320 Å². The maximum atomic E-state index is 9.55. The predicted octanol–water partition coefficient (Wildman–Crippen LogP) is 10.7. The van der Waals surface area contributed by atoms with E-state index in [2.05, 4.69) is 195 Å². The first-order valence-electron chi connectivity index (χ1n) is 18.0. The third-order valence-electron chi connectivity index (χ3n) is 9.07. The third kappa shape index (κ3) is 13.3. The Kier molecular flexibility index (Phi) is 15.9. The number of anilines is 2. The molecule has 6 aromatic rings. The van der Waals surface area contributed by atoms with Gasteiger partial charge in [0.15, 0.2) is 0 Å². The van der Waals surface area contributed by atoms with Gasteiger partial charge in [-0.3, -0.25) is 0 Å². The van der Waals surface area contributed by atoms with E-state index in [1.807, 2.05) is 0 Å². The van der Waals surface area contributed by atoms with Crippen LogP contribution >= 0.6 is 0 Å². The van der Waals surface area contributed by atoms with E-state index in [9.17, 15) is 9.59 Å². The highest BCUT2D eigenvalue weighted by atomic mass is 16.4. The van der Waals surface area contributed by atoms with Crippen LogP contribution in [0.3, 0.4) is 0 Å². The molecule has 54 heavy (non-hydrogen) atoms. The molecule has 0 atom stereocenters. The van der Waals surface area contributed by atoms with Gasteiger partial charge in [-0.25, -0.2) is 9.59 Å². The number of carbonyl (C=O) groups is 2. The minimum Gasteiger partial charge on any atom is -0.478 e. The molecule has 0 aliphatic carbocycles. The van der Waals surface area contributed by atoms with Gasteiger partial charge in [0.05, 0.1) is 0 Å². The van der Waals surface area contributed by atoms with Gasteiger partial charge in [0.1, 0.15) is 0 Å². The molecule has 6 heteroatoms. The molecule has 0 saturated heterocycles. The largest absolute Gasteiger partial charge is 0.478 e. The quantitative estimate of drug-likeness (QED) is 0.123. The Balaban J connectivity index is 0.000000201. The van der Waals surface area contributed by atoms with E-state index in [1.54, 1.807) is 0 Å². The van der Waals surface area contributed by atoms with Crippen LogP contribution in [0.15, 0.2) is 170 Å². The molecule has 0 unspecified atom stereocenters. The number of hydrogen-bond donors (Lipinski definition) is 2. The topological polar surface area (TPSA) is 81.1 Å². The summed E-state index contributed by atoms with van der Waals surface area (Å²) in [5.74, 6) is -2.51. The summed E-state index contributed by atoms with van der Waals surface area (Å²) in [6.45, 7) is 12.5. The maximum absolute atomic E-state index is 9.55. The second-order valence-electron chi connectivity index (χ2n) is 13.1. The van der Waals surface area contributed by atoms with Gasteiger partial charge in [0.25, 0.3) is 0 Å². The lowest BCUT2D eigenvalue weighted by atomic mass is 10.1. The second kappa shape index (κ2) is 21.2. The van der Waals surface area contributed by atoms with E-state index in [0.717, 1.165) is 26.2 Å². The predicted molar refractivity (Wildman–Crippen MR) is 222 cm³/mol. The van der Waals surface area contributed by atoms with E-state index in [4.69, 9.17) is 10.2 Å². The van der Waals surface area contributed by atoms with E-state index < -0.39 is 11.9 Å². The molecule has 0 heterocycles. The monoisotopic (exact) mass is 718 g/mol. The number of aliphatic carboxylic acids is 2. The first-order valence-corrected chi connectivity index (χ1v) is 18.0. The average molecular weight is 719 g/mol. The van der Waals surface area contributed by atoms with Crippen LogP contribution in [-0.2, 0) is 35.8 Å². The van der Waals surface area contributed by atoms with E-state index >= 15 is 0 Å². The zero-order valence-corrected chi connectivity index (χ0v) is 31.6. The average Bonchev–Trinajstić information content (AvgIpc) is 3.18. The molecule has 6 aromatic carbocycles. The summed E-state index contributed by atoms with van der Waals surface area (Å²) in [6.07, 6.45) is 1.12. The summed E-state index contributed by atoms with van der Waals surface area (Å²) in [4.78, 5) is 24.0. The molecule has 0 saturated carbocycles. The van der Waals surface area contributed by atoms with Crippen molar-refractivity contribution in [2.45, 2.75) is 53.9 Å². The van der Waals surface area contributed by atoms with E-state index in [-0.39, 0.29) is 0 Å². The zero-order chi connectivity index (χ0) is 38.7. The number of nitrogens with zero attached hydrogens (tertiary/aromatic N) is 2.